The molecule has 1 aliphatic rings. The molecule has 1 fully saturated rings. The summed E-state index contributed by atoms with van der Waals surface area (Å²) in [4.78, 5) is 19.5. The second-order valence-electron chi connectivity index (χ2n) is 8.09. The van der Waals surface area contributed by atoms with E-state index in [1.807, 2.05) is 42.5 Å². The summed E-state index contributed by atoms with van der Waals surface area (Å²) in [5, 5.41) is 3.97. The molecule has 0 saturated carbocycles. The van der Waals surface area contributed by atoms with Gasteiger partial charge in [-0.1, -0.05) is 48.5 Å². The molecule has 0 spiro atoms. The summed E-state index contributed by atoms with van der Waals surface area (Å²) in [6, 6.07) is 28.5. The molecular formula is C27H25N3O. The van der Waals surface area contributed by atoms with Crippen LogP contribution >= 0.6 is 0 Å². The van der Waals surface area contributed by atoms with E-state index in [-0.39, 0.29) is 5.91 Å². The maximum Gasteiger partial charge on any atom is 0.255 e. The van der Waals surface area contributed by atoms with Crippen LogP contribution in [0.5, 0.6) is 0 Å². The molecule has 1 aliphatic heterocycles. The third-order valence-corrected chi connectivity index (χ3v) is 6.11. The summed E-state index contributed by atoms with van der Waals surface area (Å²) in [5.74, 6) is 0.518. The van der Waals surface area contributed by atoms with E-state index in [0.29, 0.717) is 17.2 Å². The van der Waals surface area contributed by atoms with Gasteiger partial charge in [0.1, 0.15) is 0 Å². The molecule has 0 unspecified atom stereocenters. The highest BCUT2D eigenvalue weighted by atomic mass is 16.1. The van der Waals surface area contributed by atoms with Gasteiger partial charge in [-0.05, 0) is 60.7 Å². The molecule has 1 saturated heterocycles. The fourth-order valence-corrected chi connectivity index (χ4v) is 4.36. The van der Waals surface area contributed by atoms with Gasteiger partial charge in [-0.2, -0.15) is 0 Å². The van der Waals surface area contributed by atoms with Crippen LogP contribution < -0.4 is 10.2 Å². The smallest absolute Gasteiger partial charge is 0.255 e. The zero-order valence-corrected chi connectivity index (χ0v) is 17.4. The quantitative estimate of drug-likeness (QED) is 0.460. The number of hydrogen-bond acceptors (Lipinski definition) is 3. The first-order valence-corrected chi connectivity index (χ1v) is 10.8. The number of para-hydroxylation sites is 1. The van der Waals surface area contributed by atoms with Crippen LogP contribution in [0.25, 0.3) is 10.9 Å². The lowest BCUT2D eigenvalue weighted by atomic mass is 9.89. The summed E-state index contributed by atoms with van der Waals surface area (Å²) in [5.41, 5.74) is 4.89. The number of carbonyl (C=O) groups excluding carboxylic acids is 1. The number of benzene rings is 3. The monoisotopic (exact) mass is 407 g/mol. The molecular weight excluding hydrogens is 382 g/mol. The van der Waals surface area contributed by atoms with E-state index in [1.165, 1.54) is 11.3 Å². The Hall–Kier alpha value is -3.66. The Balaban J connectivity index is 1.22. The Morgan fingerprint density at radius 2 is 1.58 bits per heavy atom. The van der Waals surface area contributed by atoms with Crippen LogP contribution in [0.2, 0.25) is 0 Å². The average molecular weight is 408 g/mol. The molecule has 31 heavy (non-hydrogen) atoms. The van der Waals surface area contributed by atoms with Crippen LogP contribution in [-0.2, 0) is 0 Å². The number of nitrogens with one attached hydrogen (secondary N) is 1. The second-order valence-corrected chi connectivity index (χ2v) is 8.09. The topological polar surface area (TPSA) is 45.2 Å². The van der Waals surface area contributed by atoms with Gasteiger partial charge in [0.05, 0.1) is 17.4 Å². The van der Waals surface area contributed by atoms with Crippen LogP contribution in [0.4, 0.5) is 11.4 Å². The first-order chi connectivity index (χ1) is 15.3. The average Bonchev–Trinajstić information content (AvgIpc) is 2.85. The van der Waals surface area contributed by atoms with E-state index in [1.54, 1.807) is 6.20 Å². The van der Waals surface area contributed by atoms with Gasteiger partial charge in [-0.25, -0.2) is 0 Å². The molecule has 4 aromatic rings. The summed E-state index contributed by atoms with van der Waals surface area (Å²) >= 11 is 0. The van der Waals surface area contributed by atoms with Gasteiger partial charge >= 0.3 is 0 Å². The maximum absolute atomic E-state index is 12.7. The van der Waals surface area contributed by atoms with Crippen molar-refractivity contribution in [2.45, 2.75) is 18.8 Å². The fourth-order valence-electron chi connectivity index (χ4n) is 4.36. The Morgan fingerprint density at radius 3 is 2.35 bits per heavy atom. The highest BCUT2D eigenvalue weighted by Crippen LogP contribution is 2.30. The molecule has 1 aromatic heterocycles. The van der Waals surface area contributed by atoms with E-state index >= 15 is 0 Å². The largest absolute Gasteiger partial charge is 0.371 e. The Morgan fingerprint density at radius 1 is 0.871 bits per heavy atom. The summed E-state index contributed by atoms with van der Waals surface area (Å²) in [7, 11) is 0. The minimum absolute atomic E-state index is 0.119. The van der Waals surface area contributed by atoms with Crippen molar-refractivity contribution >= 4 is 28.2 Å². The molecule has 4 nitrogen and oxygen atoms in total. The summed E-state index contributed by atoms with van der Waals surface area (Å²) < 4.78 is 0. The van der Waals surface area contributed by atoms with Gasteiger partial charge in [-0.15, -0.1) is 0 Å². The molecule has 1 amide bonds. The lowest BCUT2D eigenvalue weighted by molar-refractivity contribution is 0.102. The number of pyridine rings is 1. The van der Waals surface area contributed by atoms with E-state index in [0.717, 1.165) is 36.8 Å². The minimum Gasteiger partial charge on any atom is -0.371 e. The number of nitrogens with zero attached hydrogens (tertiary/aromatic N) is 2. The summed E-state index contributed by atoms with van der Waals surface area (Å²) in [6.45, 7) is 2.07. The summed E-state index contributed by atoms with van der Waals surface area (Å²) in [6.07, 6.45) is 4.01. The van der Waals surface area contributed by atoms with Gasteiger partial charge in [0.25, 0.3) is 5.91 Å². The van der Waals surface area contributed by atoms with Crippen LogP contribution in [-0.4, -0.2) is 24.0 Å². The van der Waals surface area contributed by atoms with Crippen molar-refractivity contribution in [1.29, 1.82) is 0 Å². The van der Waals surface area contributed by atoms with Crippen LogP contribution in [0.1, 0.15) is 34.7 Å². The molecule has 1 N–H and O–H groups in total. The zero-order chi connectivity index (χ0) is 21.0. The number of carbonyl (C=O) groups is 1. The van der Waals surface area contributed by atoms with Crippen LogP contribution in [0.15, 0.2) is 91.1 Å². The predicted molar refractivity (Wildman–Crippen MR) is 127 cm³/mol. The van der Waals surface area contributed by atoms with Gasteiger partial charge in [-0.3, -0.25) is 9.78 Å². The SMILES string of the molecule is O=C(Nc1cnc2ccccc2c1)c1ccc(N2CCC(c3ccccc3)CC2)cc1. The molecule has 0 atom stereocenters. The number of amides is 1. The van der Waals surface area contributed by atoms with Gasteiger partial charge in [0, 0.05) is 29.7 Å². The molecule has 0 radical (unpaired) electrons. The van der Waals surface area contributed by atoms with Crippen LogP contribution in [0.3, 0.4) is 0 Å². The highest BCUT2D eigenvalue weighted by molar-refractivity contribution is 6.05. The van der Waals surface area contributed by atoms with E-state index in [4.69, 9.17) is 0 Å². The van der Waals surface area contributed by atoms with Crippen molar-refractivity contribution in [3.8, 4) is 0 Å². The number of piperidine rings is 1. The minimum atomic E-state index is -0.119. The van der Waals surface area contributed by atoms with Gasteiger partial charge < -0.3 is 10.2 Å². The number of fused-ring (bicyclic) bond motifs is 1. The fraction of sp³-hybridized carbons (Fsp3) is 0.185. The van der Waals surface area contributed by atoms with E-state index in [2.05, 4.69) is 57.7 Å². The molecule has 0 bridgehead atoms. The molecule has 0 aliphatic carbocycles. The molecule has 2 heterocycles. The second kappa shape index (κ2) is 8.60. The number of aromatic nitrogens is 1. The number of rotatable bonds is 4. The first kappa shape index (κ1) is 19.3. The van der Waals surface area contributed by atoms with Gasteiger partial charge in [0.15, 0.2) is 0 Å². The third-order valence-electron chi connectivity index (χ3n) is 6.11. The Bertz CT molecular complexity index is 1180. The van der Waals surface area contributed by atoms with Gasteiger partial charge in [0.2, 0.25) is 0 Å². The van der Waals surface area contributed by atoms with Crippen molar-refractivity contribution in [2.24, 2.45) is 0 Å². The first-order valence-electron chi connectivity index (χ1n) is 10.8. The Kier molecular flexibility index (Phi) is 5.36. The van der Waals surface area contributed by atoms with Crippen molar-refractivity contribution in [3.63, 3.8) is 0 Å². The predicted octanol–water partition coefficient (Wildman–Crippen LogP) is 5.87. The molecule has 3 aromatic carbocycles. The van der Waals surface area contributed by atoms with Crippen LogP contribution in [0, 0.1) is 0 Å². The highest BCUT2D eigenvalue weighted by Gasteiger charge is 2.20. The Labute approximate surface area is 182 Å². The standard InChI is InChI=1S/C27H25N3O/c31-27(29-24-18-23-8-4-5-9-26(23)28-19-24)22-10-12-25(13-11-22)30-16-14-21(15-17-30)20-6-2-1-3-7-20/h1-13,18-19,21H,14-17H2,(H,29,31). The van der Waals surface area contributed by atoms with Crippen molar-refractivity contribution < 1.29 is 4.79 Å². The molecule has 5 rings (SSSR count). The zero-order valence-electron chi connectivity index (χ0n) is 17.4. The number of anilines is 2. The van der Waals surface area contributed by atoms with Crippen molar-refractivity contribution in [3.05, 3.63) is 102 Å². The van der Waals surface area contributed by atoms with Crippen molar-refractivity contribution in [2.75, 3.05) is 23.3 Å². The van der Waals surface area contributed by atoms with Crippen molar-refractivity contribution in [1.82, 2.24) is 4.98 Å². The van der Waals surface area contributed by atoms with E-state index < -0.39 is 0 Å². The third kappa shape index (κ3) is 4.29. The lowest BCUT2D eigenvalue weighted by Gasteiger charge is -2.34. The molecule has 154 valence electrons. The van der Waals surface area contributed by atoms with E-state index in [9.17, 15) is 4.79 Å². The molecule has 4 heteroatoms. The lowest BCUT2D eigenvalue weighted by Crippen LogP contribution is -2.32. The normalized spacial score (nSPS) is 14.5. The number of hydrogen-bond donors (Lipinski definition) is 1. The maximum atomic E-state index is 12.7.